The molecule has 0 saturated heterocycles. The van der Waals surface area contributed by atoms with Crippen LogP contribution in [0.3, 0.4) is 0 Å². The number of ether oxygens (including phenoxy) is 2. The molecule has 1 aromatic rings. The Kier molecular flexibility index (Phi) is 3.91. The van der Waals surface area contributed by atoms with Gasteiger partial charge in [-0.1, -0.05) is 6.07 Å². The van der Waals surface area contributed by atoms with Gasteiger partial charge in [0.05, 0.1) is 18.8 Å². The van der Waals surface area contributed by atoms with Crippen LogP contribution in [0.15, 0.2) is 23.2 Å². The first-order chi connectivity index (χ1) is 9.13. The van der Waals surface area contributed by atoms with Crippen molar-refractivity contribution in [2.24, 2.45) is 4.99 Å². The molecule has 1 fully saturated rings. The second-order valence-corrected chi connectivity index (χ2v) is 5.09. The van der Waals surface area contributed by atoms with E-state index in [1.165, 1.54) is 0 Å². The molecular weight excluding hydrogens is 242 g/mol. The molecule has 0 aliphatic heterocycles. The van der Waals surface area contributed by atoms with Crippen molar-refractivity contribution in [1.82, 2.24) is 0 Å². The molecule has 102 valence electrons. The van der Waals surface area contributed by atoms with Gasteiger partial charge >= 0.3 is 0 Å². The number of aliphatic imine (C=N–C) groups is 1. The minimum Gasteiger partial charge on any atom is -0.496 e. The van der Waals surface area contributed by atoms with Crippen molar-refractivity contribution in [3.05, 3.63) is 23.8 Å². The summed E-state index contributed by atoms with van der Waals surface area (Å²) in [6.07, 6.45) is 4.47. The first-order valence-electron chi connectivity index (χ1n) is 6.56. The number of nitrogens with zero attached hydrogens (tertiary/aromatic N) is 1. The summed E-state index contributed by atoms with van der Waals surface area (Å²) >= 11 is 0. The number of carbonyl (C=O) groups excluding carboxylic acids is 1. The minimum atomic E-state index is -0.515. The number of methoxy groups -OCH3 is 1. The van der Waals surface area contributed by atoms with Crippen LogP contribution in [-0.2, 0) is 10.3 Å². The summed E-state index contributed by atoms with van der Waals surface area (Å²) in [4.78, 5) is 14.8. The molecule has 0 amide bonds. The Morgan fingerprint density at radius 3 is 2.47 bits per heavy atom. The standard InChI is InChI=1S/C15H19NO3/c1-11(2)19-13-7-4-6-12(18-3)14(13)15(16-10-17)8-5-9-15/h4,6-7,11H,5,8-9H2,1-3H3. The molecule has 0 atom stereocenters. The van der Waals surface area contributed by atoms with E-state index in [4.69, 9.17) is 9.47 Å². The molecule has 19 heavy (non-hydrogen) atoms. The number of rotatable bonds is 5. The van der Waals surface area contributed by atoms with Crippen LogP contribution in [0.1, 0.15) is 38.7 Å². The van der Waals surface area contributed by atoms with Gasteiger partial charge in [-0.05, 0) is 45.2 Å². The summed E-state index contributed by atoms with van der Waals surface area (Å²) < 4.78 is 11.3. The van der Waals surface area contributed by atoms with Gasteiger partial charge in [0.2, 0.25) is 6.08 Å². The van der Waals surface area contributed by atoms with E-state index in [-0.39, 0.29) is 6.10 Å². The SMILES string of the molecule is COc1cccc(OC(C)C)c1C1(N=C=O)CCC1. The van der Waals surface area contributed by atoms with Crippen LogP contribution in [0.5, 0.6) is 11.5 Å². The van der Waals surface area contributed by atoms with Gasteiger partial charge < -0.3 is 9.47 Å². The van der Waals surface area contributed by atoms with Gasteiger partial charge in [-0.3, -0.25) is 0 Å². The van der Waals surface area contributed by atoms with Gasteiger partial charge in [-0.25, -0.2) is 4.79 Å². The lowest BCUT2D eigenvalue weighted by Crippen LogP contribution is -2.33. The average molecular weight is 261 g/mol. The Hall–Kier alpha value is -1.80. The molecule has 1 aliphatic rings. The molecule has 1 aliphatic carbocycles. The maximum Gasteiger partial charge on any atom is 0.235 e. The van der Waals surface area contributed by atoms with Crippen LogP contribution in [-0.4, -0.2) is 19.3 Å². The monoisotopic (exact) mass is 261 g/mol. The van der Waals surface area contributed by atoms with Crippen molar-refractivity contribution in [2.75, 3.05) is 7.11 Å². The van der Waals surface area contributed by atoms with Gasteiger partial charge in [0.25, 0.3) is 0 Å². The number of hydrogen-bond donors (Lipinski definition) is 0. The fourth-order valence-corrected chi connectivity index (χ4v) is 2.51. The van der Waals surface area contributed by atoms with Crippen LogP contribution in [0.25, 0.3) is 0 Å². The Morgan fingerprint density at radius 2 is 2.00 bits per heavy atom. The molecule has 4 nitrogen and oxygen atoms in total. The van der Waals surface area contributed by atoms with Gasteiger partial charge in [0, 0.05) is 0 Å². The number of isocyanates is 1. The van der Waals surface area contributed by atoms with E-state index in [2.05, 4.69) is 4.99 Å². The van der Waals surface area contributed by atoms with Crippen molar-refractivity contribution in [3.8, 4) is 11.5 Å². The molecule has 0 heterocycles. The van der Waals surface area contributed by atoms with Crippen LogP contribution >= 0.6 is 0 Å². The quantitative estimate of drug-likeness (QED) is 0.604. The van der Waals surface area contributed by atoms with E-state index in [0.29, 0.717) is 0 Å². The molecule has 0 aromatic heterocycles. The zero-order valence-electron chi connectivity index (χ0n) is 11.6. The van der Waals surface area contributed by atoms with Gasteiger partial charge in [-0.15, -0.1) is 0 Å². The van der Waals surface area contributed by atoms with Crippen LogP contribution in [0.2, 0.25) is 0 Å². The van der Waals surface area contributed by atoms with Crippen molar-refractivity contribution >= 4 is 6.08 Å². The van der Waals surface area contributed by atoms with E-state index < -0.39 is 5.54 Å². The Balaban J connectivity index is 2.54. The van der Waals surface area contributed by atoms with E-state index in [9.17, 15) is 4.79 Å². The Bertz CT molecular complexity index is 500. The zero-order valence-corrected chi connectivity index (χ0v) is 11.6. The highest BCUT2D eigenvalue weighted by atomic mass is 16.5. The summed E-state index contributed by atoms with van der Waals surface area (Å²) in [7, 11) is 1.62. The van der Waals surface area contributed by atoms with Crippen molar-refractivity contribution in [2.45, 2.75) is 44.8 Å². The first kappa shape index (κ1) is 13.6. The highest BCUT2D eigenvalue weighted by Crippen LogP contribution is 2.51. The summed E-state index contributed by atoms with van der Waals surface area (Å²) in [5.41, 5.74) is 0.360. The van der Waals surface area contributed by atoms with Crippen LogP contribution in [0, 0.1) is 0 Å². The number of hydrogen-bond acceptors (Lipinski definition) is 4. The molecule has 0 bridgehead atoms. The van der Waals surface area contributed by atoms with E-state index in [1.807, 2.05) is 32.0 Å². The maximum absolute atomic E-state index is 10.7. The second kappa shape index (κ2) is 5.45. The second-order valence-electron chi connectivity index (χ2n) is 5.09. The highest BCUT2D eigenvalue weighted by Gasteiger charge is 2.43. The fraction of sp³-hybridized carbons (Fsp3) is 0.533. The van der Waals surface area contributed by atoms with Gasteiger partial charge in [-0.2, -0.15) is 4.99 Å². The molecule has 2 rings (SSSR count). The molecule has 4 heteroatoms. The molecule has 1 saturated carbocycles. The molecule has 0 N–H and O–H groups in total. The smallest absolute Gasteiger partial charge is 0.235 e. The Labute approximate surface area is 113 Å². The third-order valence-corrected chi connectivity index (χ3v) is 3.48. The average Bonchev–Trinajstić information content (AvgIpc) is 2.33. The predicted molar refractivity (Wildman–Crippen MR) is 72.4 cm³/mol. The van der Waals surface area contributed by atoms with E-state index in [1.54, 1.807) is 13.2 Å². The summed E-state index contributed by atoms with van der Waals surface area (Å²) in [6.45, 7) is 3.94. The minimum absolute atomic E-state index is 0.0585. The molecule has 0 unspecified atom stereocenters. The zero-order chi connectivity index (χ0) is 13.9. The molecular formula is C15H19NO3. The third kappa shape index (κ3) is 2.49. The topological polar surface area (TPSA) is 47.9 Å². The maximum atomic E-state index is 10.7. The third-order valence-electron chi connectivity index (χ3n) is 3.48. The number of benzene rings is 1. The lowest BCUT2D eigenvalue weighted by atomic mass is 9.71. The van der Waals surface area contributed by atoms with Gasteiger partial charge in [0.15, 0.2) is 0 Å². The predicted octanol–water partition coefficient (Wildman–Crippen LogP) is 3.20. The van der Waals surface area contributed by atoms with Crippen molar-refractivity contribution < 1.29 is 14.3 Å². The fourth-order valence-electron chi connectivity index (χ4n) is 2.51. The molecule has 1 aromatic carbocycles. The summed E-state index contributed by atoms with van der Waals surface area (Å²) in [5, 5.41) is 0. The summed E-state index contributed by atoms with van der Waals surface area (Å²) in [6, 6.07) is 5.66. The summed E-state index contributed by atoms with van der Waals surface area (Å²) in [5.74, 6) is 1.46. The highest BCUT2D eigenvalue weighted by molar-refractivity contribution is 5.53. The molecule has 0 spiro atoms. The van der Waals surface area contributed by atoms with Crippen molar-refractivity contribution in [1.29, 1.82) is 0 Å². The lowest BCUT2D eigenvalue weighted by molar-refractivity contribution is 0.205. The van der Waals surface area contributed by atoms with Crippen LogP contribution < -0.4 is 9.47 Å². The lowest BCUT2D eigenvalue weighted by Gasteiger charge is -2.38. The van der Waals surface area contributed by atoms with Crippen LogP contribution in [0.4, 0.5) is 0 Å². The van der Waals surface area contributed by atoms with E-state index in [0.717, 1.165) is 36.3 Å². The Morgan fingerprint density at radius 1 is 1.32 bits per heavy atom. The van der Waals surface area contributed by atoms with E-state index >= 15 is 0 Å². The molecule has 0 radical (unpaired) electrons. The normalized spacial score (nSPS) is 16.4. The van der Waals surface area contributed by atoms with Crippen molar-refractivity contribution in [3.63, 3.8) is 0 Å². The largest absolute Gasteiger partial charge is 0.496 e. The van der Waals surface area contributed by atoms with Gasteiger partial charge in [0.1, 0.15) is 17.0 Å². The first-order valence-corrected chi connectivity index (χ1v) is 6.56.